The fraction of sp³-hybridized carbons (Fsp3) is 0.0811. The van der Waals surface area contributed by atoms with Crippen LogP contribution >= 0.6 is 7.94 Å². The minimum absolute atomic E-state index is 0.905. The third kappa shape index (κ3) is 6.94. The molecule has 5 aromatic rings. The Hall–Kier alpha value is -4.31. The van der Waals surface area contributed by atoms with Gasteiger partial charge in [-0.2, -0.15) is 13.6 Å². The second-order valence-corrected chi connectivity index (χ2v) is 12.2. The van der Waals surface area contributed by atoms with Crippen LogP contribution in [0.15, 0.2) is 133 Å². The highest BCUT2D eigenvalue weighted by molar-refractivity contribution is 7.69. The van der Waals surface area contributed by atoms with Gasteiger partial charge >= 0.3 is 7.94 Å². The van der Waals surface area contributed by atoms with Crippen molar-refractivity contribution in [2.24, 2.45) is 0 Å². The van der Waals surface area contributed by atoms with Crippen LogP contribution in [-0.2, 0) is 13.6 Å². The molecule has 0 aliphatic carbocycles. The molecule has 0 N–H and O–H groups in total. The van der Waals surface area contributed by atoms with E-state index in [-0.39, 0.29) is 0 Å². The van der Waals surface area contributed by atoms with Gasteiger partial charge < -0.3 is 4.90 Å². The second kappa shape index (κ2) is 14.0. The zero-order valence-corrected chi connectivity index (χ0v) is 25.0. The van der Waals surface area contributed by atoms with Gasteiger partial charge in [0.1, 0.15) is 0 Å². The molecule has 5 aromatic carbocycles. The minimum atomic E-state index is -2.49. The molecule has 0 atom stereocenters. The molecule has 0 bridgehead atoms. The van der Waals surface area contributed by atoms with E-state index in [0.29, 0.717) is 0 Å². The number of benzene rings is 5. The summed E-state index contributed by atoms with van der Waals surface area (Å²) in [5.41, 5.74) is 7.89. The zero-order chi connectivity index (χ0) is 29.2. The molecule has 0 saturated heterocycles. The van der Waals surface area contributed by atoms with Gasteiger partial charge in [-0.3, -0.25) is 0 Å². The van der Waals surface area contributed by atoms with Crippen LogP contribution in [0, 0.1) is 0 Å². The summed E-state index contributed by atoms with van der Waals surface area (Å²) < 4.78 is 16.6. The standard InChI is InChI=1S/C37H35NO3P/c1-39-42(40-2,41-3)37-28-24-33(25-29-37)21-19-31-16-14-30(15-17-31)18-20-32-22-26-36(27-23-32)38(34-10-6-4-7-11-34)35-12-8-5-9-13-35/h4-29H,1-3H3/q+1/b20-18+,21-19+. The summed E-state index contributed by atoms with van der Waals surface area (Å²) in [5, 5.41) is 0.905. The first-order valence-corrected chi connectivity index (χ1v) is 15.3. The number of hydrogen-bond acceptors (Lipinski definition) is 4. The van der Waals surface area contributed by atoms with E-state index < -0.39 is 7.94 Å². The largest absolute Gasteiger partial charge is 0.447 e. The summed E-state index contributed by atoms with van der Waals surface area (Å²) in [6.45, 7) is 0. The van der Waals surface area contributed by atoms with Crippen LogP contribution in [0.5, 0.6) is 0 Å². The van der Waals surface area contributed by atoms with E-state index in [2.05, 4.69) is 126 Å². The maximum atomic E-state index is 5.54. The van der Waals surface area contributed by atoms with Crippen LogP contribution in [-0.4, -0.2) is 21.3 Å². The quantitative estimate of drug-likeness (QED) is 0.116. The van der Waals surface area contributed by atoms with E-state index in [1.165, 1.54) is 0 Å². The van der Waals surface area contributed by atoms with Crippen LogP contribution in [0.25, 0.3) is 24.3 Å². The number of hydrogen-bond donors (Lipinski definition) is 0. The van der Waals surface area contributed by atoms with Crippen molar-refractivity contribution in [1.29, 1.82) is 0 Å². The number of nitrogens with zero attached hydrogens (tertiary/aromatic N) is 1. The molecule has 0 fully saturated rings. The Balaban J connectivity index is 1.24. The van der Waals surface area contributed by atoms with E-state index in [1.54, 1.807) is 21.3 Å². The highest BCUT2D eigenvalue weighted by Crippen LogP contribution is 2.58. The smallest absolute Gasteiger partial charge is 0.311 e. The first-order valence-electron chi connectivity index (χ1n) is 13.8. The van der Waals surface area contributed by atoms with Gasteiger partial charge in [0.05, 0.1) is 21.3 Å². The van der Waals surface area contributed by atoms with Gasteiger partial charge in [0, 0.05) is 17.1 Å². The molecule has 42 heavy (non-hydrogen) atoms. The van der Waals surface area contributed by atoms with Gasteiger partial charge in [0.15, 0.2) is 5.30 Å². The molecular formula is C37H35NO3P+. The molecule has 210 valence electrons. The Morgan fingerprint density at radius 3 is 1.07 bits per heavy atom. The lowest BCUT2D eigenvalue weighted by Crippen LogP contribution is -2.15. The van der Waals surface area contributed by atoms with Crippen LogP contribution in [0.3, 0.4) is 0 Å². The summed E-state index contributed by atoms with van der Waals surface area (Å²) in [6, 6.07) is 46.1. The first kappa shape index (κ1) is 29.2. The molecule has 0 saturated carbocycles. The van der Waals surface area contributed by atoms with Crippen molar-refractivity contribution in [3.05, 3.63) is 156 Å². The van der Waals surface area contributed by atoms with E-state index in [0.717, 1.165) is 44.6 Å². The predicted octanol–water partition coefficient (Wildman–Crippen LogP) is 9.82. The monoisotopic (exact) mass is 572 g/mol. The maximum Gasteiger partial charge on any atom is 0.447 e. The van der Waals surface area contributed by atoms with E-state index in [1.807, 2.05) is 36.4 Å². The molecular weight excluding hydrogens is 537 g/mol. The summed E-state index contributed by atoms with van der Waals surface area (Å²) in [4.78, 5) is 2.27. The van der Waals surface area contributed by atoms with Crippen molar-refractivity contribution in [2.45, 2.75) is 0 Å². The lowest BCUT2D eigenvalue weighted by Gasteiger charge is -2.25. The first-order chi connectivity index (χ1) is 20.6. The highest BCUT2D eigenvalue weighted by Gasteiger charge is 2.44. The van der Waals surface area contributed by atoms with Crippen molar-refractivity contribution < 1.29 is 13.6 Å². The second-order valence-electron chi connectivity index (χ2n) is 9.57. The van der Waals surface area contributed by atoms with Crippen molar-refractivity contribution in [1.82, 2.24) is 0 Å². The van der Waals surface area contributed by atoms with Crippen molar-refractivity contribution >= 4 is 54.6 Å². The van der Waals surface area contributed by atoms with Gasteiger partial charge in [-0.1, -0.05) is 109 Å². The molecule has 0 aliphatic heterocycles. The average Bonchev–Trinajstić information content (AvgIpc) is 3.07. The Labute approximate surface area is 249 Å². The summed E-state index contributed by atoms with van der Waals surface area (Å²) >= 11 is 0. The SMILES string of the molecule is CO[P+](OC)(OC)c1ccc(/C=C/c2ccc(/C=C/c3ccc(N(c4ccccc4)c4ccccc4)cc3)cc2)cc1. The minimum Gasteiger partial charge on any atom is -0.311 e. The van der Waals surface area contributed by atoms with Crippen LogP contribution in [0.1, 0.15) is 22.3 Å². The number of para-hydroxylation sites is 2. The van der Waals surface area contributed by atoms with Crippen LogP contribution < -0.4 is 10.2 Å². The van der Waals surface area contributed by atoms with E-state index in [4.69, 9.17) is 13.6 Å². The molecule has 5 rings (SSSR count). The van der Waals surface area contributed by atoms with Crippen molar-refractivity contribution in [3.63, 3.8) is 0 Å². The van der Waals surface area contributed by atoms with Crippen LogP contribution in [0.4, 0.5) is 17.1 Å². The Kier molecular flexibility index (Phi) is 9.76. The Morgan fingerprint density at radius 1 is 0.405 bits per heavy atom. The Morgan fingerprint density at radius 2 is 0.714 bits per heavy atom. The highest BCUT2D eigenvalue weighted by atomic mass is 31.2. The molecule has 0 radical (unpaired) electrons. The molecule has 0 unspecified atom stereocenters. The normalized spacial score (nSPS) is 11.8. The van der Waals surface area contributed by atoms with Gasteiger partial charge in [0.25, 0.3) is 0 Å². The number of anilines is 3. The van der Waals surface area contributed by atoms with E-state index >= 15 is 0 Å². The predicted molar refractivity (Wildman–Crippen MR) is 179 cm³/mol. The molecule has 0 spiro atoms. The third-order valence-electron chi connectivity index (χ3n) is 6.98. The summed E-state index contributed by atoms with van der Waals surface area (Å²) in [6.07, 6.45) is 8.49. The van der Waals surface area contributed by atoms with Gasteiger partial charge in [0.2, 0.25) is 0 Å². The maximum absolute atomic E-state index is 5.54. The van der Waals surface area contributed by atoms with Crippen molar-refractivity contribution in [3.8, 4) is 0 Å². The fourth-order valence-corrected chi connectivity index (χ4v) is 6.34. The summed E-state index contributed by atoms with van der Waals surface area (Å²) in [5.74, 6) is 0. The molecule has 0 aromatic heterocycles. The lowest BCUT2D eigenvalue weighted by molar-refractivity contribution is 0.222. The molecule has 5 heteroatoms. The zero-order valence-electron chi connectivity index (χ0n) is 24.1. The van der Waals surface area contributed by atoms with Gasteiger partial charge in [-0.25, -0.2) is 0 Å². The van der Waals surface area contributed by atoms with E-state index in [9.17, 15) is 0 Å². The fourth-order valence-electron chi connectivity index (χ4n) is 4.75. The third-order valence-corrected chi connectivity index (χ3v) is 9.36. The lowest BCUT2D eigenvalue weighted by atomic mass is 10.1. The molecule has 4 nitrogen and oxygen atoms in total. The van der Waals surface area contributed by atoms with Gasteiger partial charge in [-0.05, 0) is 70.8 Å². The molecule has 0 aliphatic rings. The topological polar surface area (TPSA) is 30.9 Å². The van der Waals surface area contributed by atoms with Gasteiger partial charge in [-0.15, -0.1) is 0 Å². The Bertz CT molecular complexity index is 1550. The summed E-state index contributed by atoms with van der Waals surface area (Å²) in [7, 11) is 2.33. The van der Waals surface area contributed by atoms with Crippen LogP contribution in [0.2, 0.25) is 0 Å². The average molecular weight is 573 g/mol. The molecule has 0 heterocycles. The van der Waals surface area contributed by atoms with Crippen molar-refractivity contribution in [2.75, 3.05) is 26.2 Å². The number of rotatable bonds is 11. The molecule has 0 amide bonds.